The van der Waals surface area contributed by atoms with Crippen molar-refractivity contribution in [3.63, 3.8) is 0 Å². The van der Waals surface area contributed by atoms with Crippen LogP contribution in [0.2, 0.25) is 0 Å². The van der Waals surface area contributed by atoms with Crippen LogP contribution in [0.5, 0.6) is 0 Å². The number of hydrogen-bond acceptors (Lipinski definition) is 2. The molecule has 0 saturated carbocycles. The van der Waals surface area contributed by atoms with Gasteiger partial charge in [-0.2, -0.15) is 0 Å². The molecule has 0 bridgehead atoms. The Labute approximate surface area is 77.1 Å². The molecular formula is C10H12O3. The average Bonchev–Trinajstić information content (AvgIpc) is 2.11. The molecule has 0 atom stereocenters. The van der Waals surface area contributed by atoms with E-state index >= 15 is 0 Å². The maximum absolute atomic E-state index is 10.8. The van der Waals surface area contributed by atoms with Gasteiger partial charge in [0.2, 0.25) is 5.78 Å². The number of Topliss-reactive ketones (excluding diaryl/α,β-unsaturated/α-hetero) is 1. The maximum Gasteiger partial charge on any atom is 0.372 e. The van der Waals surface area contributed by atoms with Crippen LogP contribution >= 0.6 is 0 Å². The second-order valence-corrected chi connectivity index (χ2v) is 2.36. The monoisotopic (exact) mass is 180 g/mol. The summed E-state index contributed by atoms with van der Waals surface area (Å²) in [6, 6.07) is 0. The van der Waals surface area contributed by atoms with Gasteiger partial charge in [-0.15, -0.1) is 0 Å². The molecular weight excluding hydrogens is 168 g/mol. The number of aliphatic carboxylic acids is 1. The van der Waals surface area contributed by atoms with Gasteiger partial charge in [-0.1, -0.05) is 30.9 Å². The highest BCUT2D eigenvalue weighted by Crippen LogP contribution is 2.04. The molecule has 0 aromatic rings. The van der Waals surface area contributed by atoms with E-state index in [1.54, 1.807) is 31.2 Å². The Balaban J connectivity index is 4.31. The molecule has 1 N–H and O–H groups in total. The molecule has 0 radical (unpaired) electrons. The van der Waals surface area contributed by atoms with Gasteiger partial charge in [-0.25, -0.2) is 4.79 Å². The summed E-state index contributed by atoms with van der Waals surface area (Å²) in [5.41, 5.74) is 0.673. The van der Waals surface area contributed by atoms with Crippen LogP contribution in [-0.4, -0.2) is 16.9 Å². The summed E-state index contributed by atoms with van der Waals surface area (Å²) in [4.78, 5) is 21.0. The first-order valence-electron chi connectivity index (χ1n) is 3.82. The van der Waals surface area contributed by atoms with Crippen LogP contribution in [-0.2, 0) is 9.59 Å². The summed E-state index contributed by atoms with van der Waals surface area (Å²) in [6.45, 7) is 5.21. The van der Waals surface area contributed by atoms with Gasteiger partial charge in [0.05, 0.1) is 0 Å². The first-order chi connectivity index (χ1) is 6.11. The van der Waals surface area contributed by atoms with Crippen LogP contribution in [0, 0.1) is 0 Å². The first kappa shape index (κ1) is 11.4. The molecule has 0 aliphatic rings. The van der Waals surface area contributed by atoms with E-state index in [1.807, 2.05) is 0 Å². The Hall–Kier alpha value is -1.64. The highest BCUT2D eigenvalue weighted by Gasteiger charge is 2.11. The second-order valence-electron chi connectivity index (χ2n) is 2.36. The Kier molecular flexibility index (Phi) is 5.19. The van der Waals surface area contributed by atoms with E-state index in [4.69, 9.17) is 5.11 Å². The minimum Gasteiger partial charge on any atom is -0.475 e. The fourth-order valence-corrected chi connectivity index (χ4v) is 0.710. The van der Waals surface area contributed by atoms with E-state index < -0.39 is 11.8 Å². The lowest BCUT2D eigenvalue weighted by molar-refractivity contribution is -0.148. The summed E-state index contributed by atoms with van der Waals surface area (Å²) in [5, 5.41) is 8.33. The zero-order chi connectivity index (χ0) is 10.3. The first-order valence-corrected chi connectivity index (χ1v) is 3.82. The van der Waals surface area contributed by atoms with E-state index in [1.165, 1.54) is 0 Å². The second kappa shape index (κ2) is 5.94. The third-order valence-electron chi connectivity index (χ3n) is 1.42. The zero-order valence-corrected chi connectivity index (χ0v) is 7.49. The standard InChI is InChI=1S/C10H12O3/c1-3-5-6-8(4-2)7-9(11)10(12)13/h3-6H,1,7H2,2H3,(H,12,13)/b6-5-,8-4+. The molecule has 0 spiro atoms. The summed E-state index contributed by atoms with van der Waals surface area (Å²) >= 11 is 0. The van der Waals surface area contributed by atoms with Gasteiger partial charge in [0.1, 0.15) is 0 Å². The van der Waals surface area contributed by atoms with Crippen molar-refractivity contribution < 1.29 is 14.7 Å². The number of carboxylic acid groups (broad SMARTS) is 1. The summed E-state index contributed by atoms with van der Waals surface area (Å²) in [6.07, 6.45) is 6.50. The van der Waals surface area contributed by atoms with Crippen molar-refractivity contribution in [1.29, 1.82) is 0 Å². The molecule has 0 saturated heterocycles. The Bertz CT molecular complexity index is 272. The highest BCUT2D eigenvalue weighted by atomic mass is 16.4. The molecule has 0 amide bonds. The van der Waals surface area contributed by atoms with Crippen LogP contribution in [0.3, 0.4) is 0 Å². The van der Waals surface area contributed by atoms with Gasteiger partial charge in [-0.3, -0.25) is 4.79 Å². The van der Waals surface area contributed by atoms with Crippen LogP contribution in [0.1, 0.15) is 13.3 Å². The molecule has 70 valence electrons. The van der Waals surface area contributed by atoms with Crippen molar-refractivity contribution in [3.05, 3.63) is 36.5 Å². The van der Waals surface area contributed by atoms with Gasteiger partial charge in [0.15, 0.2) is 0 Å². The van der Waals surface area contributed by atoms with Crippen molar-refractivity contribution in [3.8, 4) is 0 Å². The van der Waals surface area contributed by atoms with Crippen LogP contribution < -0.4 is 0 Å². The number of carbonyl (C=O) groups is 2. The lowest BCUT2D eigenvalue weighted by Crippen LogP contribution is -2.12. The minimum absolute atomic E-state index is 0.0732. The molecule has 0 fully saturated rings. The summed E-state index contributed by atoms with van der Waals surface area (Å²) in [7, 11) is 0. The van der Waals surface area contributed by atoms with Crippen LogP contribution in [0.4, 0.5) is 0 Å². The Morgan fingerprint density at radius 1 is 1.46 bits per heavy atom. The number of rotatable bonds is 5. The number of ketones is 1. The normalized spacial score (nSPS) is 11.6. The topological polar surface area (TPSA) is 54.4 Å². The lowest BCUT2D eigenvalue weighted by atomic mass is 10.1. The number of hydrogen-bond donors (Lipinski definition) is 1. The van der Waals surface area contributed by atoms with Gasteiger partial charge < -0.3 is 5.11 Å². The molecule has 0 heterocycles. The van der Waals surface area contributed by atoms with Crippen molar-refractivity contribution in [1.82, 2.24) is 0 Å². The molecule has 0 aromatic heterocycles. The van der Waals surface area contributed by atoms with Gasteiger partial charge in [0.25, 0.3) is 0 Å². The summed E-state index contributed by atoms with van der Waals surface area (Å²) < 4.78 is 0. The fourth-order valence-electron chi connectivity index (χ4n) is 0.710. The molecule has 0 aliphatic heterocycles. The number of carboxylic acids is 1. The van der Waals surface area contributed by atoms with E-state index in [0.29, 0.717) is 5.57 Å². The van der Waals surface area contributed by atoms with Gasteiger partial charge in [-0.05, 0) is 12.5 Å². The van der Waals surface area contributed by atoms with E-state index in [2.05, 4.69) is 6.58 Å². The minimum atomic E-state index is -1.40. The molecule has 0 aliphatic carbocycles. The summed E-state index contributed by atoms with van der Waals surface area (Å²) in [5.74, 6) is -2.20. The van der Waals surface area contributed by atoms with Gasteiger partial charge in [0, 0.05) is 6.42 Å². The predicted octanol–water partition coefficient (Wildman–Crippen LogP) is 1.72. The van der Waals surface area contributed by atoms with Crippen LogP contribution in [0.25, 0.3) is 0 Å². The van der Waals surface area contributed by atoms with E-state index in [-0.39, 0.29) is 6.42 Å². The van der Waals surface area contributed by atoms with E-state index in [9.17, 15) is 9.59 Å². The SMILES string of the molecule is C=C/C=C\C(=C/C)CC(=O)C(=O)O. The van der Waals surface area contributed by atoms with Gasteiger partial charge >= 0.3 is 5.97 Å². The Morgan fingerprint density at radius 3 is 2.46 bits per heavy atom. The zero-order valence-electron chi connectivity index (χ0n) is 7.49. The molecule has 0 unspecified atom stereocenters. The largest absolute Gasteiger partial charge is 0.475 e. The molecule has 3 nitrogen and oxygen atoms in total. The Morgan fingerprint density at radius 2 is 2.08 bits per heavy atom. The predicted molar refractivity (Wildman–Crippen MR) is 50.4 cm³/mol. The third-order valence-corrected chi connectivity index (χ3v) is 1.42. The van der Waals surface area contributed by atoms with Crippen molar-refractivity contribution in [2.24, 2.45) is 0 Å². The maximum atomic E-state index is 10.8. The molecule has 0 aromatic carbocycles. The fraction of sp³-hybridized carbons (Fsp3) is 0.200. The van der Waals surface area contributed by atoms with Crippen molar-refractivity contribution >= 4 is 11.8 Å². The van der Waals surface area contributed by atoms with Crippen LogP contribution in [0.15, 0.2) is 36.5 Å². The third kappa shape index (κ3) is 4.74. The quantitative estimate of drug-likeness (QED) is 0.517. The van der Waals surface area contributed by atoms with Crippen molar-refractivity contribution in [2.75, 3.05) is 0 Å². The lowest BCUT2D eigenvalue weighted by Gasteiger charge is -1.95. The number of allylic oxidation sites excluding steroid dienone is 5. The highest BCUT2D eigenvalue weighted by molar-refractivity contribution is 6.33. The molecule has 0 rings (SSSR count). The van der Waals surface area contributed by atoms with Crippen molar-refractivity contribution in [2.45, 2.75) is 13.3 Å². The smallest absolute Gasteiger partial charge is 0.372 e. The number of carbonyl (C=O) groups excluding carboxylic acids is 1. The molecule has 3 heteroatoms. The average molecular weight is 180 g/mol. The van der Waals surface area contributed by atoms with E-state index in [0.717, 1.165) is 0 Å². The molecule has 13 heavy (non-hydrogen) atoms.